The van der Waals surface area contributed by atoms with E-state index in [0.717, 1.165) is 5.56 Å². The number of halogens is 1. The van der Waals surface area contributed by atoms with E-state index in [2.05, 4.69) is 10.6 Å². The van der Waals surface area contributed by atoms with Gasteiger partial charge in [-0.2, -0.15) is 0 Å². The molecule has 0 aliphatic rings. The van der Waals surface area contributed by atoms with E-state index >= 15 is 0 Å². The summed E-state index contributed by atoms with van der Waals surface area (Å²) in [7, 11) is 1.52. The lowest BCUT2D eigenvalue weighted by Gasteiger charge is -2.13. The van der Waals surface area contributed by atoms with Gasteiger partial charge < -0.3 is 15.4 Å². The summed E-state index contributed by atoms with van der Waals surface area (Å²) in [5, 5.41) is 17.0. The van der Waals surface area contributed by atoms with Crippen molar-refractivity contribution in [2.75, 3.05) is 24.3 Å². The Kier molecular flexibility index (Phi) is 5.82. The highest BCUT2D eigenvalue weighted by Gasteiger charge is 2.12. The lowest BCUT2D eigenvalue weighted by atomic mass is 10.2. The quantitative estimate of drug-likeness (QED) is 0.599. The van der Waals surface area contributed by atoms with E-state index in [1.54, 1.807) is 19.1 Å². The van der Waals surface area contributed by atoms with E-state index in [1.165, 1.54) is 25.3 Å². The molecule has 0 saturated carbocycles. The summed E-state index contributed by atoms with van der Waals surface area (Å²) in [5.41, 5.74) is 2.63. The number of nitro groups is 1. The number of hydrogen-bond acceptors (Lipinski definition) is 5. The average Bonchev–Trinajstić information content (AvgIpc) is 2.57. The van der Waals surface area contributed by atoms with Crippen LogP contribution in [0.15, 0.2) is 30.3 Å². The second-order valence-corrected chi connectivity index (χ2v) is 5.87. The van der Waals surface area contributed by atoms with Gasteiger partial charge in [0.25, 0.3) is 5.69 Å². The van der Waals surface area contributed by atoms with Crippen LogP contribution in [0.1, 0.15) is 11.1 Å². The topological polar surface area (TPSA) is 93.5 Å². The van der Waals surface area contributed by atoms with Crippen LogP contribution in [0.25, 0.3) is 0 Å². The smallest absolute Gasteiger partial charge is 0.269 e. The summed E-state index contributed by atoms with van der Waals surface area (Å²) in [4.78, 5) is 22.4. The van der Waals surface area contributed by atoms with Crippen molar-refractivity contribution in [2.45, 2.75) is 13.8 Å². The van der Waals surface area contributed by atoms with Crippen molar-refractivity contribution < 1.29 is 14.5 Å². The van der Waals surface area contributed by atoms with Crippen molar-refractivity contribution in [2.24, 2.45) is 0 Å². The fraction of sp³-hybridized carbons (Fsp3) is 0.235. The van der Waals surface area contributed by atoms with Gasteiger partial charge in [0.2, 0.25) is 5.91 Å². The molecule has 0 saturated heterocycles. The molecule has 25 heavy (non-hydrogen) atoms. The standard InChI is InChI=1S/C17H18ClN3O4/c1-10-7-15(16(25-3)8-13(10)18)19-9-17(22)20-14-5-4-12(21(23)24)6-11(14)2/h4-8,19H,9H2,1-3H3,(H,20,22). The molecule has 2 N–H and O–H groups in total. The van der Waals surface area contributed by atoms with Crippen LogP contribution in [0.3, 0.4) is 0 Å². The van der Waals surface area contributed by atoms with Gasteiger partial charge in [0, 0.05) is 28.9 Å². The van der Waals surface area contributed by atoms with Gasteiger partial charge in [-0.25, -0.2) is 0 Å². The highest BCUT2D eigenvalue weighted by molar-refractivity contribution is 6.31. The van der Waals surface area contributed by atoms with E-state index < -0.39 is 4.92 Å². The Morgan fingerprint density at radius 1 is 1.20 bits per heavy atom. The second kappa shape index (κ2) is 7.85. The van der Waals surface area contributed by atoms with E-state index in [9.17, 15) is 14.9 Å². The molecule has 0 fully saturated rings. The number of methoxy groups -OCH3 is 1. The number of rotatable bonds is 6. The minimum Gasteiger partial charge on any atom is -0.495 e. The van der Waals surface area contributed by atoms with Crippen LogP contribution in [0.5, 0.6) is 5.75 Å². The normalized spacial score (nSPS) is 10.2. The molecule has 132 valence electrons. The maximum Gasteiger partial charge on any atom is 0.269 e. The fourth-order valence-corrected chi connectivity index (χ4v) is 2.40. The molecule has 7 nitrogen and oxygen atoms in total. The number of carbonyl (C=O) groups is 1. The monoisotopic (exact) mass is 363 g/mol. The third kappa shape index (κ3) is 4.60. The summed E-state index contributed by atoms with van der Waals surface area (Å²) in [6.45, 7) is 3.56. The van der Waals surface area contributed by atoms with E-state index in [0.29, 0.717) is 27.7 Å². The lowest BCUT2D eigenvalue weighted by Crippen LogP contribution is -2.22. The van der Waals surface area contributed by atoms with Crippen molar-refractivity contribution in [3.05, 3.63) is 56.6 Å². The Morgan fingerprint density at radius 3 is 2.52 bits per heavy atom. The molecular formula is C17H18ClN3O4. The Balaban J connectivity index is 2.04. The largest absolute Gasteiger partial charge is 0.495 e. The Labute approximate surface area is 150 Å². The highest BCUT2D eigenvalue weighted by Crippen LogP contribution is 2.30. The number of anilines is 2. The number of nitro benzene ring substituents is 1. The van der Waals surface area contributed by atoms with Gasteiger partial charge in [-0.05, 0) is 37.1 Å². The van der Waals surface area contributed by atoms with Crippen molar-refractivity contribution >= 4 is 34.6 Å². The summed E-state index contributed by atoms with van der Waals surface area (Å²) >= 11 is 6.05. The molecule has 0 heterocycles. The second-order valence-electron chi connectivity index (χ2n) is 5.46. The molecule has 0 aliphatic heterocycles. The number of amides is 1. The summed E-state index contributed by atoms with van der Waals surface area (Å²) in [6.07, 6.45) is 0. The molecule has 0 aromatic heterocycles. The van der Waals surface area contributed by atoms with Gasteiger partial charge >= 0.3 is 0 Å². The van der Waals surface area contributed by atoms with Gasteiger partial charge in [-0.3, -0.25) is 14.9 Å². The number of non-ortho nitro benzene ring substituents is 1. The molecule has 0 radical (unpaired) electrons. The zero-order chi connectivity index (χ0) is 18.6. The van der Waals surface area contributed by atoms with Gasteiger partial charge in [0.15, 0.2) is 0 Å². The Morgan fingerprint density at radius 2 is 1.92 bits per heavy atom. The van der Waals surface area contributed by atoms with Crippen LogP contribution < -0.4 is 15.4 Å². The lowest BCUT2D eigenvalue weighted by molar-refractivity contribution is -0.384. The zero-order valence-electron chi connectivity index (χ0n) is 14.1. The first-order valence-corrected chi connectivity index (χ1v) is 7.82. The average molecular weight is 364 g/mol. The SMILES string of the molecule is COc1cc(Cl)c(C)cc1NCC(=O)Nc1ccc([N+](=O)[O-])cc1C. The molecule has 2 aromatic carbocycles. The van der Waals surface area contributed by atoms with E-state index in [-0.39, 0.29) is 18.1 Å². The summed E-state index contributed by atoms with van der Waals surface area (Å²) < 4.78 is 5.24. The molecule has 0 bridgehead atoms. The third-order valence-corrected chi connectivity index (χ3v) is 4.02. The van der Waals surface area contributed by atoms with Crippen LogP contribution >= 0.6 is 11.6 Å². The number of aryl methyl sites for hydroxylation is 2. The van der Waals surface area contributed by atoms with Crippen LogP contribution in [-0.4, -0.2) is 24.5 Å². The molecule has 0 spiro atoms. The van der Waals surface area contributed by atoms with Crippen LogP contribution in [0.4, 0.5) is 17.1 Å². The van der Waals surface area contributed by atoms with Crippen LogP contribution in [-0.2, 0) is 4.79 Å². The highest BCUT2D eigenvalue weighted by atomic mass is 35.5. The van der Waals surface area contributed by atoms with E-state index in [1.807, 2.05) is 6.92 Å². The van der Waals surface area contributed by atoms with Gasteiger partial charge in [0.05, 0.1) is 24.3 Å². The number of ether oxygens (including phenoxy) is 1. The molecule has 2 rings (SSSR count). The molecule has 0 atom stereocenters. The van der Waals surface area contributed by atoms with Gasteiger partial charge in [-0.15, -0.1) is 0 Å². The van der Waals surface area contributed by atoms with Crippen LogP contribution in [0.2, 0.25) is 5.02 Å². The molecule has 8 heteroatoms. The maximum absolute atomic E-state index is 12.1. The van der Waals surface area contributed by atoms with Crippen molar-refractivity contribution in [1.82, 2.24) is 0 Å². The number of nitrogens with zero attached hydrogens (tertiary/aromatic N) is 1. The summed E-state index contributed by atoms with van der Waals surface area (Å²) in [5.74, 6) is 0.251. The molecule has 1 amide bonds. The number of benzene rings is 2. The predicted octanol–water partition coefficient (Wildman–Crippen LogP) is 3.92. The molecular weight excluding hydrogens is 346 g/mol. The van der Waals surface area contributed by atoms with Crippen LogP contribution in [0, 0.1) is 24.0 Å². The van der Waals surface area contributed by atoms with Crippen molar-refractivity contribution in [1.29, 1.82) is 0 Å². The minimum atomic E-state index is -0.477. The predicted molar refractivity (Wildman–Crippen MR) is 97.7 cm³/mol. The molecule has 0 aliphatic carbocycles. The zero-order valence-corrected chi connectivity index (χ0v) is 14.8. The number of hydrogen-bond donors (Lipinski definition) is 2. The van der Waals surface area contributed by atoms with Gasteiger partial charge in [-0.1, -0.05) is 11.6 Å². The number of nitrogens with one attached hydrogen (secondary N) is 2. The minimum absolute atomic E-state index is 0.00780. The Bertz CT molecular complexity index is 824. The molecule has 0 unspecified atom stereocenters. The van der Waals surface area contributed by atoms with Crippen molar-refractivity contribution in [3.63, 3.8) is 0 Å². The Hall–Kier alpha value is -2.80. The summed E-state index contributed by atoms with van der Waals surface area (Å²) in [6, 6.07) is 7.75. The third-order valence-electron chi connectivity index (χ3n) is 3.62. The van der Waals surface area contributed by atoms with Crippen molar-refractivity contribution in [3.8, 4) is 5.75 Å². The first-order valence-electron chi connectivity index (χ1n) is 7.44. The van der Waals surface area contributed by atoms with Gasteiger partial charge in [0.1, 0.15) is 5.75 Å². The first kappa shape index (κ1) is 18.5. The number of carbonyl (C=O) groups excluding carboxylic acids is 1. The first-order chi connectivity index (χ1) is 11.8. The fourth-order valence-electron chi connectivity index (χ4n) is 2.24. The maximum atomic E-state index is 12.1. The van der Waals surface area contributed by atoms with E-state index in [4.69, 9.17) is 16.3 Å². The molecule has 2 aromatic rings.